The SMILES string of the molecule is O=C(O)Cc1ccccc1N1CCOC1=O. The highest BCUT2D eigenvalue weighted by Crippen LogP contribution is 2.23. The number of ether oxygens (including phenoxy) is 1. The molecule has 0 saturated carbocycles. The van der Waals surface area contributed by atoms with Crippen LogP contribution >= 0.6 is 0 Å². The standard InChI is InChI=1S/C11H11NO4/c13-10(14)7-8-3-1-2-4-9(8)12-5-6-16-11(12)15/h1-4H,5-7H2,(H,13,14). The van der Waals surface area contributed by atoms with Crippen molar-refractivity contribution in [2.24, 2.45) is 0 Å². The highest BCUT2D eigenvalue weighted by atomic mass is 16.6. The van der Waals surface area contributed by atoms with Crippen molar-refractivity contribution >= 4 is 17.7 Å². The summed E-state index contributed by atoms with van der Waals surface area (Å²) in [6.45, 7) is 0.815. The molecule has 1 aromatic carbocycles. The number of carbonyl (C=O) groups excluding carboxylic acids is 1. The molecule has 1 N–H and O–H groups in total. The maximum atomic E-state index is 11.4. The van der Waals surface area contributed by atoms with Crippen LogP contribution in [0.4, 0.5) is 10.5 Å². The first-order valence-electron chi connectivity index (χ1n) is 4.92. The summed E-state index contributed by atoms with van der Waals surface area (Å²) >= 11 is 0. The maximum absolute atomic E-state index is 11.4. The lowest BCUT2D eigenvalue weighted by Crippen LogP contribution is -2.25. The van der Waals surface area contributed by atoms with E-state index in [0.717, 1.165) is 0 Å². The van der Waals surface area contributed by atoms with Crippen molar-refractivity contribution in [3.05, 3.63) is 29.8 Å². The van der Waals surface area contributed by atoms with Crippen LogP contribution in [-0.4, -0.2) is 30.3 Å². The van der Waals surface area contributed by atoms with Crippen LogP contribution in [0.25, 0.3) is 0 Å². The second-order valence-electron chi connectivity index (χ2n) is 3.47. The fraction of sp³-hybridized carbons (Fsp3) is 0.273. The molecule has 5 nitrogen and oxygen atoms in total. The maximum Gasteiger partial charge on any atom is 0.414 e. The first kappa shape index (κ1) is 10.5. The van der Waals surface area contributed by atoms with Crippen molar-refractivity contribution in [1.82, 2.24) is 0 Å². The number of carboxylic acids is 1. The zero-order chi connectivity index (χ0) is 11.5. The lowest BCUT2D eigenvalue weighted by Gasteiger charge is -2.16. The average Bonchev–Trinajstić information content (AvgIpc) is 2.64. The Hall–Kier alpha value is -2.04. The van der Waals surface area contributed by atoms with Gasteiger partial charge in [0.05, 0.1) is 18.7 Å². The summed E-state index contributed by atoms with van der Waals surface area (Å²) in [6, 6.07) is 6.95. The van der Waals surface area contributed by atoms with Gasteiger partial charge >= 0.3 is 12.1 Å². The van der Waals surface area contributed by atoms with E-state index < -0.39 is 12.1 Å². The molecule has 0 bridgehead atoms. The van der Waals surface area contributed by atoms with Crippen molar-refractivity contribution in [3.63, 3.8) is 0 Å². The van der Waals surface area contributed by atoms with Crippen LogP contribution in [0.1, 0.15) is 5.56 Å². The highest BCUT2D eigenvalue weighted by molar-refractivity contribution is 5.91. The second-order valence-corrected chi connectivity index (χ2v) is 3.47. The predicted octanol–water partition coefficient (Wildman–Crippen LogP) is 1.27. The molecule has 1 aromatic rings. The van der Waals surface area contributed by atoms with Crippen molar-refractivity contribution in [2.45, 2.75) is 6.42 Å². The summed E-state index contributed by atoms with van der Waals surface area (Å²) < 4.78 is 4.82. The minimum absolute atomic E-state index is 0.0973. The molecule has 0 unspecified atom stereocenters. The summed E-state index contributed by atoms with van der Waals surface area (Å²) in [5.74, 6) is -0.917. The Kier molecular flexibility index (Phi) is 2.76. The van der Waals surface area contributed by atoms with Crippen molar-refractivity contribution in [1.29, 1.82) is 0 Å². The van der Waals surface area contributed by atoms with Crippen LogP contribution in [0.5, 0.6) is 0 Å². The van der Waals surface area contributed by atoms with Gasteiger partial charge in [0.1, 0.15) is 6.61 Å². The Balaban J connectivity index is 2.32. The van der Waals surface area contributed by atoms with Gasteiger partial charge in [-0.3, -0.25) is 9.69 Å². The molecule has 1 fully saturated rings. The number of anilines is 1. The number of hydrogen-bond acceptors (Lipinski definition) is 3. The zero-order valence-corrected chi connectivity index (χ0v) is 8.55. The average molecular weight is 221 g/mol. The van der Waals surface area contributed by atoms with Crippen molar-refractivity contribution in [2.75, 3.05) is 18.1 Å². The number of rotatable bonds is 3. The summed E-state index contributed by atoms with van der Waals surface area (Å²) in [5.41, 5.74) is 1.24. The van der Waals surface area contributed by atoms with E-state index in [-0.39, 0.29) is 6.42 Å². The quantitative estimate of drug-likeness (QED) is 0.834. The van der Waals surface area contributed by atoms with E-state index in [1.807, 2.05) is 0 Å². The van der Waals surface area contributed by atoms with Crippen LogP contribution in [0.15, 0.2) is 24.3 Å². The van der Waals surface area contributed by atoms with Gasteiger partial charge in [0.2, 0.25) is 0 Å². The Morgan fingerprint density at radius 3 is 2.81 bits per heavy atom. The monoisotopic (exact) mass is 221 g/mol. The Morgan fingerprint density at radius 1 is 1.44 bits per heavy atom. The summed E-state index contributed by atoms with van der Waals surface area (Å²) in [7, 11) is 0. The predicted molar refractivity (Wildman–Crippen MR) is 56.5 cm³/mol. The number of aliphatic carboxylic acids is 1. The fourth-order valence-electron chi connectivity index (χ4n) is 1.70. The highest BCUT2D eigenvalue weighted by Gasteiger charge is 2.25. The number of carboxylic acid groups (broad SMARTS) is 1. The molecule has 1 aliphatic heterocycles. The lowest BCUT2D eigenvalue weighted by molar-refractivity contribution is -0.136. The molecule has 1 heterocycles. The number of cyclic esters (lactones) is 1. The first-order valence-corrected chi connectivity index (χ1v) is 4.92. The molecule has 0 spiro atoms. The minimum atomic E-state index is -0.917. The molecule has 0 aromatic heterocycles. The molecule has 84 valence electrons. The normalized spacial score (nSPS) is 15.0. The summed E-state index contributed by atoms with van der Waals surface area (Å²) in [4.78, 5) is 23.5. The summed E-state index contributed by atoms with van der Waals surface area (Å²) in [5, 5.41) is 8.77. The molecular weight excluding hydrogens is 210 g/mol. The number of nitrogens with zero attached hydrogens (tertiary/aromatic N) is 1. The minimum Gasteiger partial charge on any atom is -0.481 e. The smallest absolute Gasteiger partial charge is 0.414 e. The topological polar surface area (TPSA) is 66.8 Å². The Morgan fingerprint density at radius 2 is 2.19 bits per heavy atom. The number of amides is 1. The molecule has 0 aliphatic carbocycles. The number of para-hydroxylation sites is 1. The number of carbonyl (C=O) groups is 2. The molecule has 0 atom stereocenters. The van der Waals surface area contributed by atoms with Gasteiger partial charge < -0.3 is 9.84 Å². The largest absolute Gasteiger partial charge is 0.481 e. The number of benzene rings is 1. The second kappa shape index (κ2) is 4.22. The van der Waals surface area contributed by atoms with Crippen LogP contribution in [0.3, 0.4) is 0 Å². The van der Waals surface area contributed by atoms with E-state index in [0.29, 0.717) is 24.4 Å². The van der Waals surface area contributed by atoms with E-state index in [1.54, 1.807) is 24.3 Å². The first-order chi connectivity index (χ1) is 7.68. The molecule has 1 amide bonds. The van der Waals surface area contributed by atoms with Gasteiger partial charge in [0.15, 0.2) is 0 Å². The molecule has 0 radical (unpaired) electrons. The molecule has 1 saturated heterocycles. The van der Waals surface area contributed by atoms with Gasteiger partial charge in [-0.2, -0.15) is 0 Å². The van der Waals surface area contributed by atoms with Gasteiger partial charge in [-0.25, -0.2) is 4.79 Å². The Bertz CT molecular complexity index is 430. The zero-order valence-electron chi connectivity index (χ0n) is 8.55. The third kappa shape index (κ3) is 1.98. The molecule has 2 rings (SSSR count). The van der Waals surface area contributed by atoms with Crippen LogP contribution in [-0.2, 0) is 16.0 Å². The lowest BCUT2D eigenvalue weighted by atomic mass is 10.1. The molecule has 16 heavy (non-hydrogen) atoms. The number of hydrogen-bond donors (Lipinski definition) is 1. The molecular formula is C11H11NO4. The van der Waals surface area contributed by atoms with E-state index in [2.05, 4.69) is 0 Å². The third-order valence-electron chi connectivity index (χ3n) is 2.38. The van der Waals surface area contributed by atoms with Gasteiger partial charge in [-0.15, -0.1) is 0 Å². The van der Waals surface area contributed by atoms with E-state index in [9.17, 15) is 9.59 Å². The van der Waals surface area contributed by atoms with Crippen LogP contribution in [0.2, 0.25) is 0 Å². The van der Waals surface area contributed by atoms with Gasteiger partial charge in [0, 0.05) is 0 Å². The van der Waals surface area contributed by atoms with Gasteiger partial charge in [-0.1, -0.05) is 18.2 Å². The van der Waals surface area contributed by atoms with Gasteiger partial charge in [-0.05, 0) is 11.6 Å². The molecule has 1 aliphatic rings. The van der Waals surface area contributed by atoms with E-state index in [4.69, 9.17) is 9.84 Å². The fourth-order valence-corrected chi connectivity index (χ4v) is 1.70. The Labute approximate surface area is 92.2 Å². The van der Waals surface area contributed by atoms with E-state index >= 15 is 0 Å². The summed E-state index contributed by atoms with van der Waals surface area (Å²) in [6.07, 6.45) is -0.516. The van der Waals surface area contributed by atoms with Gasteiger partial charge in [0.25, 0.3) is 0 Å². The van der Waals surface area contributed by atoms with Crippen LogP contribution in [0, 0.1) is 0 Å². The molecule has 5 heteroatoms. The van der Waals surface area contributed by atoms with E-state index in [1.165, 1.54) is 4.90 Å². The van der Waals surface area contributed by atoms with Crippen molar-refractivity contribution in [3.8, 4) is 0 Å². The van der Waals surface area contributed by atoms with Crippen LogP contribution < -0.4 is 4.90 Å². The van der Waals surface area contributed by atoms with Crippen molar-refractivity contribution < 1.29 is 19.4 Å². The third-order valence-corrected chi connectivity index (χ3v) is 2.38.